The Balaban J connectivity index is 1.71. The first-order chi connectivity index (χ1) is 12.5. The van der Waals surface area contributed by atoms with Gasteiger partial charge in [-0.3, -0.25) is 14.6 Å². The minimum atomic E-state index is -0.444. The van der Waals surface area contributed by atoms with Crippen LogP contribution in [0.3, 0.4) is 0 Å². The molecule has 0 aliphatic carbocycles. The van der Waals surface area contributed by atoms with Crippen molar-refractivity contribution in [1.82, 2.24) is 20.1 Å². The molecule has 1 amide bonds. The van der Waals surface area contributed by atoms with Gasteiger partial charge in [0, 0.05) is 45.9 Å². The number of hydrogen-bond acceptors (Lipinski definition) is 7. The molecule has 26 heavy (non-hydrogen) atoms. The van der Waals surface area contributed by atoms with E-state index in [0.29, 0.717) is 50.4 Å². The lowest BCUT2D eigenvalue weighted by Gasteiger charge is -2.34. The molecular formula is C18H32N4O4. The van der Waals surface area contributed by atoms with E-state index in [2.05, 4.69) is 20.1 Å². The van der Waals surface area contributed by atoms with Crippen molar-refractivity contribution in [2.24, 2.45) is 5.92 Å². The maximum absolute atomic E-state index is 12.0. The van der Waals surface area contributed by atoms with Crippen LogP contribution in [-0.4, -0.2) is 84.4 Å². The molecule has 2 rings (SSSR count). The van der Waals surface area contributed by atoms with Crippen molar-refractivity contribution >= 4 is 5.91 Å². The predicted molar refractivity (Wildman–Crippen MR) is 97.9 cm³/mol. The Kier molecular flexibility index (Phi) is 8.50. The molecule has 1 saturated heterocycles. The summed E-state index contributed by atoms with van der Waals surface area (Å²) in [4.78, 5) is 20.8. The van der Waals surface area contributed by atoms with Crippen molar-refractivity contribution in [2.75, 3.05) is 52.5 Å². The lowest BCUT2D eigenvalue weighted by molar-refractivity contribution is 0.00949. The second-order valence-corrected chi connectivity index (χ2v) is 7.12. The number of oxazole rings is 1. The summed E-state index contributed by atoms with van der Waals surface area (Å²) in [5.74, 6) is 0.764. The Morgan fingerprint density at radius 3 is 2.69 bits per heavy atom. The Bertz CT molecular complexity index is 541. The number of piperazine rings is 1. The van der Waals surface area contributed by atoms with Crippen LogP contribution in [0.15, 0.2) is 10.7 Å². The Morgan fingerprint density at radius 1 is 1.35 bits per heavy atom. The van der Waals surface area contributed by atoms with Gasteiger partial charge in [0.1, 0.15) is 6.26 Å². The fourth-order valence-electron chi connectivity index (χ4n) is 2.80. The maximum Gasteiger partial charge on any atom is 0.273 e. The second kappa shape index (κ2) is 10.6. The number of ether oxygens (including phenoxy) is 1. The zero-order valence-corrected chi connectivity index (χ0v) is 16.1. The fraction of sp³-hybridized carbons (Fsp3) is 0.778. The summed E-state index contributed by atoms with van der Waals surface area (Å²) in [5, 5.41) is 12.8. The minimum absolute atomic E-state index is 0.193. The highest BCUT2D eigenvalue weighted by molar-refractivity contribution is 5.91. The summed E-state index contributed by atoms with van der Waals surface area (Å²) >= 11 is 0. The molecule has 8 nitrogen and oxygen atoms in total. The first-order valence-corrected chi connectivity index (χ1v) is 9.41. The van der Waals surface area contributed by atoms with Gasteiger partial charge in [0.15, 0.2) is 5.69 Å². The van der Waals surface area contributed by atoms with Crippen molar-refractivity contribution in [3.8, 4) is 0 Å². The van der Waals surface area contributed by atoms with E-state index in [1.807, 2.05) is 20.8 Å². The first-order valence-electron chi connectivity index (χ1n) is 9.41. The van der Waals surface area contributed by atoms with E-state index >= 15 is 0 Å². The Morgan fingerprint density at radius 2 is 2.04 bits per heavy atom. The summed E-state index contributed by atoms with van der Waals surface area (Å²) in [5.41, 5.74) is 0.332. The minimum Gasteiger partial charge on any atom is -0.447 e. The van der Waals surface area contributed by atoms with Crippen LogP contribution in [0.5, 0.6) is 0 Å². The number of nitrogens with one attached hydrogen (secondary N) is 1. The Labute approximate surface area is 155 Å². The maximum atomic E-state index is 12.0. The molecule has 1 aliphatic heterocycles. The number of rotatable bonds is 10. The highest BCUT2D eigenvalue weighted by Gasteiger charge is 2.21. The summed E-state index contributed by atoms with van der Waals surface area (Å²) in [6.07, 6.45) is 0.978. The zero-order chi connectivity index (χ0) is 18.9. The van der Waals surface area contributed by atoms with Gasteiger partial charge < -0.3 is 19.6 Å². The molecular weight excluding hydrogens is 336 g/mol. The van der Waals surface area contributed by atoms with Crippen LogP contribution < -0.4 is 5.32 Å². The number of hydrogen-bond donors (Lipinski definition) is 2. The van der Waals surface area contributed by atoms with Gasteiger partial charge in [-0.2, -0.15) is 0 Å². The highest BCUT2D eigenvalue weighted by Crippen LogP contribution is 2.10. The number of aliphatic hydroxyl groups is 1. The van der Waals surface area contributed by atoms with E-state index in [1.165, 1.54) is 6.26 Å². The van der Waals surface area contributed by atoms with Crippen LogP contribution in [0.1, 0.15) is 37.2 Å². The molecule has 1 aromatic rings. The third-order valence-electron chi connectivity index (χ3n) is 4.26. The molecule has 1 fully saturated rings. The van der Waals surface area contributed by atoms with Crippen molar-refractivity contribution in [1.29, 1.82) is 0 Å². The third-order valence-corrected chi connectivity index (χ3v) is 4.26. The van der Waals surface area contributed by atoms with Crippen LogP contribution in [0, 0.1) is 5.92 Å². The van der Waals surface area contributed by atoms with Crippen LogP contribution in [0.25, 0.3) is 0 Å². The first kappa shape index (κ1) is 20.8. The summed E-state index contributed by atoms with van der Waals surface area (Å²) in [6.45, 7) is 12.4. The fourth-order valence-corrected chi connectivity index (χ4v) is 2.80. The molecule has 0 spiro atoms. The molecule has 2 heterocycles. The van der Waals surface area contributed by atoms with E-state index in [-0.39, 0.29) is 5.91 Å². The molecule has 0 saturated carbocycles. The highest BCUT2D eigenvalue weighted by atomic mass is 16.5. The average molecular weight is 368 g/mol. The van der Waals surface area contributed by atoms with E-state index in [4.69, 9.17) is 9.15 Å². The van der Waals surface area contributed by atoms with Gasteiger partial charge in [-0.1, -0.05) is 13.8 Å². The van der Waals surface area contributed by atoms with E-state index < -0.39 is 6.10 Å². The SMILES string of the molecule is CCOCC(O)CN1CCN(Cc2nc(C(=O)NCC(C)C)co2)CC1. The molecule has 2 N–H and O–H groups in total. The van der Waals surface area contributed by atoms with Gasteiger partial charge in [0.25, 0.3) is 5.91 Å². The quantitative estimate of drug-likeness (QED) is 0.624. The number of aromatic nitrogens is 1. The lowest BCUT2D eigenvalue weighted by Crippen LogP contribution is -2.48. The van der Waals surface area contributed by atoms with E-state index in [9.17, 15) is 9.90 Å². The van der Waals surface area contributed by atoms with Crippen LogP contribution >= 0.6 is 0 Å². The molecule has 1 atom stereocenters. The van der Waals surface area contributed by atoms with E-state index in [0.717, 1.165) is 26.2 Å². The molecule has 8 heteroatoms. The van der Waals surface area contributed by atoms with Gasteiger partial charge in [-0.05, 0) is 12.8 Å². The molecule has 1 aliphatic rings. The lowest BCUT2D eigenvalue weighted by atomic mass is 10.2. The van der Waals surface area contributed by atoms with Crippen LogP contribution in [0.2, 0.25) is 0 Å². The molecule has 0 bridgehead atoms. The van der Waals surface area contributed by atoms with Gasteiger partial charge in [0.05, 0.1) is 19.3 Å². The number of β-amino-alcohol motifs (C(OH)–C–C–N with tert-alkyl or cyclic N) is 1. The number of carbonyl (C=O) groups excluding carboxylic acids is 1. The largest absolute Gasteiger partial charge is 0.447 e. The van der Waals surface area contributed by atoms with E-state index in [1.54, 1.807) is 0 Å². The summed E-state index contributed by atoms with van der Waals surface area (Å²) < 4.78 is 10.7. The average Bonchev–Trinajstić information content (AvgIpc) is 3.08. The van der Waals surface area contributed by atoms with Crippen molar-refractivity contribution < 1.29 is 19.1 Å². The second-order valence-electron chi connectivity index (χ2n) is 7.12. The van der Waals surface area contributed by atoms with Gasteiger partial charge in [-0.15, -0.1) is 0 Å². The molecule has 1 aromatic heterocycles. The van der Waals surface area contributed by atoms with Crippen molar-refractivity contribution in [2.45, 2.75) is 33.4 Å². The monoisotopic (exact) mass is 368 g/mol. The normalized spacial score (nSPS) is 17.6. The molecule has 0 radical (unpaired) electrons. The van der Waals surface area contributed by atoms with Crippen LogP contribution in [0.4, 0.5) is 0 Å². The molecule has 148 valence electrons. The Hall–Kier alpha value is -1.48. The summed E-state index contributed by atoms with van der Waals surface area (Å²) in [7, 11) is 0. The zero-order valence-electron chi connectivity index (χ0n) is 16.1. The van der Waals surface area contributed by atoms with Gasteiger partial charge in [0.2, 0.25) is 5.89 Å². The third kappa shape index (κ3) is 7.03. The number of amides is 1. The smallest absolute Gasteiger partial charge is 0.273 e. The number of carbonyl (C=O) groups is 1. The standard InChI is InChI=1S/C18H32N4O4/c1-4-25-12-15(23)10-21-5-7-22(8-6-21)11-17-20-16(13-26-17)18(24)19-9-14(2)3/h13-15,23H,4-12H2,1-3H3,(H,19,24). The molecule has 0 aromatic carbocycles. The topological polar surface area (TPSA) is 91.1 Å². The van der Waals surface area contributed by atoms with Gasteiger partial charge >= 0.3 is 0 Å². The summed E-state index contributed by atoms with van der Waals surface area (Å²) in [6, 6.07) is 0. The molecule has 1 unspecified atom stereocenters. The van der Waals surface area contributed by atoms with Crippen LogP contribution in [-0.2, 0) is 11.3 Å². The van der Waals surface area contributed by atoms with Gasteiger partial charge in [-0.25, -0.2) is 4.98 Å². The van der Waals surface area contributed by atoms with Crippen molar-refractivity contribution in [3.05, 3.63) is 17.8 Å². The number of aliphatic hydroxyl groups excluding tert-OH is 1. The predicted octanol–water partition coefficient (Wildman–Crippen LogP) is 0.575. The van der Waals surface area contributed by atoms with Crippen molar-refractivity contribution in [3.63, 3.8) is 0 Å². The number of nitrogens with zero attached hydrogens (tertiary/aromatic N) is 3.